The molecule has 0 aromatic heterocycles. The second-order valence-corrected chi connectivity index (χ2v) is 7.27. The van der Waals surface area contributed by atoms with Gasteiger partial charge in [0.05, 0.1) is 0 Å². The highest BCUT2D eigenvalue weighted by Gasteiger charge is 2.22. The minimum Gasteiger partial charge on any atom is -0.371 e. The number of para-hydroxylation sites is 1. The minimum absolute atomic E-state index is 0.650. The number of hydrogen-bond donors (Lipinski definition) is 2. The summed E-state index contributed by atoms with van der Waals surface area (Å²) in [5.41, 5.74) is 1.34. The molecule has 1 aromatic rings. The van der Waals surface area contributed by atoms with Crippen LogP contribution in [0.2, 0.25) is 0 Å². The SMILES string of the molecule is CCNC(=NCC1CCN(c2ccccc2)C1)NCCCCSC. The van der Waals surface area contributed by atoms with Gasteiger partial charge in [-0.3, -0.25) is 4.99 Å². The van der Waals surface area contributed by atoms with Crippen LogP contribution in [0.25, 0.3) is 0 Å². The van der Waals surface area contributed by atoms with Gasteiger partial charge in [0.15, 0.2) is 5.96 Å². The predicted molar refractivity (Wildman–Crippen MR) is 108 cm³/mol. The van der Waals surface area contributed by atoms with Crippen molar-refractivity contribution in [2.24, 2.45) is 10.9 Å². The van der Waals surface area contributed by atoms with Crippen molar-refractivity contribution in [1.82, 2.24) is 10.6 Å². The summed E-state index contributed by atoms with van der Waals surface area (Å²) in [6.07, 6.45) is 5.86. The fraction of sp³-hybridized carbons (Fsp3) is 0.632. The summed E-state index contributed by atoms with van der Waals surface area (Å²) in [6, 6.07) is 10.7. The van der Waals surface area contributed by atoms with Crippen molar-refractivity contribution < 1.29 is 0 Å². The summed E-state index contributed by atoms with van der Waals surface area (Å²) in [6.45, 7) is 7.20. The Morgan fingerprint density at radius 3 is 2.83 bits per heavy atom. The lowest BCUT2D eigenvalue weighted by molar-refractivity contribution is 0.598. The van der Waals surface area contributed by atoms with Crippen molar-refractivity contribution in [2.45, 2.75) is 26.2 Å². The van der Waals surface area contributed by atoms with Crippen molar-refractivity contribution in [2.75, 3.05) is 49.6 Å². The highest BCUT2D eigenvalue weighted by Crippen LogP contribution is 2.23. The molecule has 1 heterocycles. The molecule has 1 aromatic carbocycles. The van der Waals surface area contributed by atoms with E-state index in [1.54, 1.807) is 0 Å². The van der Waals surface area contributed by atoms with Crippen molar-refractivity contribution in [3.63, 3.8) is 0 Å². The summed E-state index contributed by atoms with van der Waals surface area (Å²) in [4.78, 5) is 7.28. The molecule has 1 unspecified atom stereocenters. The van der Waals surface area contributed by atoms with E-state index in [1.807, 2.05) is 11.8 Å². The van der Waals surface area contributed by atoms with Gasteiger partial charge in [0.25, 0.3) is 0 Å². The normalized spacial score (nSPS) is 18.0. The van der Waals surface area contributed by atoms with Crippen LogP contribution in [-0.4, -0.2) is 50.7 Å². The molecule has 2 rings (SSSR count). The van der Waals surface area contributed by atoms with Gasteiger partial charge < -0.3 is 15.5 Å². The topological polar surface area (TPSA) is 39.7 Å². The Bertz CT molecular complexity index is 478. The summed E-state index contributed by atoms with van der Waals surface area (Å²) in [7, 11) is 0. The van der Waals surface area contributed by atoms with Crippen LogP contribution >= 0.6 is 11.8 Å². The maximum atomic E-state index is 4.80. The van der Waals surface area contributed by atoms with Gasteiger partial charge in [-0.25, -0.2) is 0 Å². The monoisotopic (exact) mass is 348 g/mol. The summed E-state index contributed by atoms with van der Waals surface area (Å²) < 4.78 is 0. The number of nitrogens with zero attached hydrogens (tertiary/aromatic N) is 2. The summed E-state index contributed by atoms with van der Waals surface area (Å²) in [5, 5.41) is 6.82. The van der Waals surface area contributed by atoms with E-state index in [0.717, 1.165) is 38.7 Å². The molecule has 0 spiro atoms. The largest absolute Gasteiger partial charge is 0.371 e. The quantitative estimate of drug-likeness (QED) is 0.408. The summed E-state index contributed by atoms with van der Waals surface area (Å²) >= 11 is 1.92. The molecule has 134 valence electrons. The smallest absolute Gasteiger partial charge is 0.191 e. The maximum absolute atomic E-state index is 4.80. The molecule has 0 bridgehead atoms. The Hall–Kier alpha value is -1.36. The molecular formula is C19H32N4S. The van der Waals surface area contributed by atoms with Crippen LogP contribution in [0.3, 0.4) is 0 Å². The lowest BCUT2D eigenvalue weighted by Crippen LogP contribution is -2.38. The Balaban J connectivity index is 1.75. The number of nitrogens with one attached hydrogen (secondary N) is 2. The number of guanidine groups is 1. The van der Waals surface area contributed by atoms with E-state index in [2.05, 4.69) is 59.0 Å². The first-order valence-corrected chi connectivity index (χ1v) is 10.5. The zero-order valence-corrected chi connectivity index (χ0v) is 15.9. The van der Waals surface area contributed by atoms with Crippen LogP contribution in [0.4, 0.5) is 5.69 Å². The predicted octanol–water partition coefficient (Wildman–Crippen LogP) is 3.21. The zero-order chi connectivity index (χ0) is 17.0. The fourth-order valence-corrected chi connectivity index (χ4v) is 3.49. The number of thioether (sulfide) groups is 1. The molecule has 24 heavy (non-hydrogen) atoms. The van der Waals surface area contributed by atoms with E-state index < -0.39 is 0 Å². The molecule has 1 saturated heterocycles. The van der Waals surface area contributed by atoms with Crippen LogP contribution in [0.1, 0.15) is 26.2 Å². The van der Waals surface area contributed by atoms with E-state index in [9.17, 15) is 0 Å². The fourth-order valence-electron chi connectivity index (χ4n) is 3.00. The average molecular weight is 349 g/mol. The van der Waals surface area contributed by atoms with Crippen molar-refractivity contribution in [1.29, 1.82) is 0 Å². The molecule has 0 amide bonds. The Morgan fingerprint density at radius 2 is 2.08 bits per heavy atom. The van der Waals surface area contributed by atoms with Crippen molar-refractivity contribution >= 4 is 23.4 Å². The van der Waals surface area contributed by atoms with Crippen LogP contribution in [-0.2, 0) is 0 Å². The average Bonchev–Trinajstić information content (AvgIpc) is 3.09. The van der Waals surface area contributed by atoms with Gasteiger partial charge >= 0.3 is 0 Å². The molecule has 4 nitrogen and oxygen atoms in total. The number of hydrogen-bond acceptors (Lipinski definition) is 3. The second-order valence-electron chi connectivity index (χ2n) is 6.28. The Kier molecular flexibility index (Phi) is 8.88. The molecule has 1 atom stereocenters. The van der Waals surface area contributed by atoms with Gasteiger partial charge in [0.2, 0.25) is 0 Å². The first-order valence-electron chi connectivity index (χ1n) is 9.14. The lowest BCUT2D eigenvalue weighted by atomic mass is 10.1. The second kappa shape index (κ2) is 11.2. The Morgan fingerprint density at radius 1 is 1.25 bits per heavy atom. The Labute approximate surface area is 151 Å². The number of aliphatic imine (C=N–C) groups is 1. The standard InChI is InChI=1S/C19H32N4S/c1-3-20-19(21-12-7-8-14-24-2)22-15-17-11-13-23(16-17)18-9-5-4-6-10-18/h4-6,9-10,17H,3,7-8,11-16H2,1-2H3,(H2,20,21,22). The molecule has 0 saturated carbocycles. The third kappa shape index (κ3) is 6.63. The van der Waals surface area contributed by atoms with E-state index in [4.69, 9.17) is 4.99 Å². The minimum atomic E-state index is 0.650. The van der Waals surface area contributed by atoms with Gasteiger partial charge in [-0.15, -0.1) is 0 Å². The number of benzene rings is 1. The first-order chi connectivity index (χ1) is 11.8. The number of anilines is 1. The molecule has 5 heteroatoms. The molecule has 1 aliphatic heterocycles. The number of rotatable bonds is 9. The van der Waals surface area contributed by atoms with Crippen LogP contribution in [0, 0.1) is 5.92 Å². The van der Waals surface area contributed by atoms with Gasteiger partial charge in [-0.05, 0) is 56.2 Å². The lowest BCUT2D eigenvalue weighted by Gasteiger charge is -2.18. The van der Waals surface area contributed by atoms with E-state index >= 15 is 0 Å². The molecule has 1 fully saturated rings. The molecule has 2 N–H and O–H groups in total. The highest BCUT2D eigenvalue weighted by molar-refractivity contribution is 7.98. The van der Waals surface area contributed by atoms with Gasteiger partial charge in [-0.1, -0.05) is 18.2 Å². The van der Waals surface area contributed by atoms with E-state index in [0.29, 0.717) is 5.92 Å². The number of unbranched alkanes of at least 4 members (excludes halogenated alkanes) is 1. The third-order valence-corrected chi connectivity index (χ3v) is 5.02. The molecule has 0 radical (unpaired) electrons. The van der Waals surface area contributed by atoms with Crippen LogP contribution < -0.4 is 15.5 Å². The third-order valence-electron chi connectivity index (χ3n) is 4.33. The van der Waals surface area contributed by atoms with Crippen molar-refractivity contribution in [3.05, 3.63) is 30.3 Å². The van der Waals surface area contributed by atoms with Crippen LogP contribution in [0.5, 0.6) is 0 Å². The first kappa shape index (κ1) is 19.0. The van der Waals surface area contributed by atoms with E-state index in [1.165, 1.54) is 30.7 Å². The summed E-state index contributed by atoms with van der Waals surface area (Å²) in [5.74, 6) is 2.87. The zero-order valence-electron chi connectivity index (χ0n) is 15.1. The highest BCUT2D eigenvalue weighted by atomic mass is 32.2. The van der Waals surface area contributed by atoms with Crippen molar-refractivity contribution in [3.8, 4) is 0 Å². The van der Waals surface area contributed by atoms with Gasteiger partial charge in [0.1, 0.15) is 0 Å². The molecule has 1 aliphatic rings. The molecular weight excluding hydrogens is 316 g/mol. The molecule has 0 aliphatic carbocycles. The van der Waals surface area contributed by atoms with Crippen LogP contribution in [0.15, 0.2) is 35.3 Å². The van der Waals surface area contributed by atoms with E-state index in [-0.39, 0.29) is 0 Å². The van der Waals surface area contributed by atoms with Gasteiger partial charge in [-0.2, -0.15) is 11.8 Å². The van der Waals surface area contributed by atoms with Gasteiger partial charge in [0, 0.05) is 38.4 Å². The maximum Gasteiger partial charge on any atom is 0.191 e.